The third-order valence-electron chi connectivity index (χ3n) is 3.24. The molecule has 1 atom stereocenters. The first-order chi connectivity index (χ1) is 9.56. The molecule has 0 fully saturated rings. The van der Waals surface area contributed by atoms with Crippen molar-refractivity contribution in [3.63, 3.8) is 0 Å². The van der Waals surface area contributed by atoms with Crippen molar-refractivity contribution in [3.8, 4) is 0 Å². The fourth-order valence-electron chi connectivity index (χ4n) is 2.33. The van der Waals surface area contributed by atoms with Gasteiger partial charge in [-0.2, -0.15) is 0 Å². The Bertz CT molecular complexity index is 622. The number of imidazole rings is 1. The number of hydrogen-bond donors (Lipinski definition) is 1. The van der Waals surface area contributed by atoms with E-state index in [0.29, 0.717) is 12.4 Å². The number of rotatable bonds is 5. The van der Waals surface area contributed by atoms with Crippen LogP contribution in [-0.2, 0) is 9.53 Å². The number of hydrogen-bond acceptors (Lipinski definition) is 3. The van der Waals surface area contributed by atoms with Gasteiger partial charge in [0, 0.05) is 4.47 Å². The van der Waals surface area contributed by atoms with E-state index in [-0.39, 0.29) is 11.9 Å². The van der Waals surface area contributed by atoms with Gasteiger partial charge in [-0.25, -0.2) is 4.98 Å². The smallest absolute Gasteiger partial charge is 0.316 e. The first kappa shape index (κ1) is 15.0. The van der Waals surface area contributed by atoms with E-state index in [4.69, 9.17) is 4.74 Å². The molecule has 0 aliphatic rings. The summed E-state index contributed by atoms with van der Waals surface area (Å²) < 4.78 is 6.15. The molecule has 0 amide bonds. The molecule has 5 heteroatoms. The lowest BCUT2D eigenvalue weighted by Gasteiger charge is -2.11. The lowest BCUT2D eigenvalue weighted by molar-refractivity contribution is -0.145. The van der Waals surface area contributed by atoms with Gasteiger partial charge in [0.2, 0.25) is 0 Å². The highest BCUT2D eigenvalue weighted by atomic mass is 79.9. The van der Waals surface area contributed by atoms with Crippen molar-refractivity contribution in [2.24, 2.45) is 0 Å². The molecule has 1 heterocycles. The lowest BCUT2D eigenvalue weighted by atomic mass is 10.0. The van der Waals surface area contributed by atoms with Crippen molar-refractivity contribution in [1.29, 1.82) is 0 Å². The number of ether oxygens (including phenoxy) is 1. The molecule has 4 nitrogen and oxygen atoms in total. The van der Waals surface area contributed by atoms with Crippen LogP contribution in [0.5, 0.6) is 0 Å². The number of H-pyrrole nitrogens is 1. The SMILES string of the molecule is CCCC(C(=O)OCC)c1nc2c(C)cc(Br)cc2[nH]1. The standard InChI is InChI=1S/C15H19BrN2O2/c1-4-6-11(15(19)20-5-2)14-17-12-8-10(16)7-9(3)13(12)18-14/h7-8,11H,4-6H2,1-3H3,(H,17,18). The number of nitrogens with one attached hydrogen (secondary N) is 1. The van der Waals surface area contributed by atoms with Crippen LogP contribution in [0.2, 0.25) is 0 Å². The highest BCUT2D eigenvalue weighted by Crippen LogP contribution is 2.27. The summed E-state index contributed by atoms with van der Waals surface area (Å²) in [6, 6.07) is 4.00. The Morgan fingerprint density at radius 2 is 2.20 bits per heavy atom. The monoisotopic (exact) mass is 338 g/mol. The topological polar surface area (TPSA) is 55.0 Å². The van der Waals surface area contributed by atoms with Crippen molar-refractivity contribution >= 4 is 32.9 Å². The normalized spacial score (nSPS) is 12.6. The minimum Gasteiger partial charge on any atom is -0.465 e. The molecular weight excluding hydrogens is 320 g/mol. The molecule has 2 rings (SSSR count). The number of carbonyl (C=O) groups is 1. The number of aryl methyl sites for hydroxylation is 1. The van der Waals surface area contributed by atoms with Crippen LogP contribution >= 0.6 is 15.9 Å². The number of halogens is 1. The zero-order valence-electron chi connectivity index (χ0n) is 12.0. The molecule has 0 bridgehead atoms. The lowest BCUT2D eigenvalue weighted by Crippen LogP contribution is -2.17. The van der Waals surface area contributed by atoms with Crippen molar-refractivity contribution in [2.45, 2.75) is 39.5 Å². The number of fused-ring (bicyclic) bond motifs is 1. The molecular formula is C15H19BrN2O2. The summed E-state index contributed by atoms with van der Waals surface area (Å²) in [5.74, 6) is 0.178. The number of benzene rings is 1. The Morgan fingerprint density at radius 3 is 2.85 bits per heavy atom. The molecule has 1 aromatic heterocycles. The molecule has 1 unspecified atom stereocenters. The van der Waals surface area contributed by atoms with E-state index in [1.165, 1.54) is 0 Å². The van der Waals surface area contributed by atoms with Crippen LogP contribution in [0.1, 0.15) is 44.0 Å². The van der Waals surface area contributed by atoms with Gasteiger partial charge < -0.3 is 9.72 Å². The molecule has 0 saturated carbocycles. The van der Waals surface area contributed by atoms with Crippen LogP contribution in [-0.4, -0.2) is 22.5 Å². The van der Waals surface area contributed by atoms with Crippen LogP contribution in [0.15, 0.2) is 16.6 Å². The van der Waals surface area contributed by atoms with Gasteiger partial charge in [-0.05, 0) is 38.0 Å². The molecule has 1 N–H and O–H groups in total. The fourth-order valence-corrected chi connectivity index (χ4v) is 2.90. The Morgan fingerprint density at radius 1 is 1.45 bits per heavy atom. The first-order valence-electron chi connectivity index (χ1n) is 6.89. The van der Waals surface area contributed by atoms with E-state index in [1.807, 2.05) is 26.0 Å². The van der Waals surface area contributed by atoms with Gasteiger partial charge in [0.25, 0.3) is 0 Å². The molecule has 108 valence electrons. The Hall–Kier alpha value is -1.36. The third-order valence-corrected chi connectivity index (χ3v) is 3.70. The average molecular weight is 339 g/mol. The summed E-state index contributed by atoms with van der Waals surface area (Å²) in [7, 11) is 0. The van der Waals surface area contributed by atoms with Gasteiger partial charge >= 0.3 is 5.97 Å². The second kappa shape index (κ2) is 6.39. The summed E-state index contributed by atoms with van der Waals surface area (Å²) in [6.45, 7) is 6.28. The first-order valence-corrected chi connectivity index (χ1v) is 7.68. The highest BCUT2D eigenvalue weighted by Gasteiger charge is 2.24. The molecule has 1 aromatic carbocycles. The van der Waals surface area contributed by atoms with Crippen LogP contribution < -0.4 is 0 Å². The third kappa shape index (κ3) is 3.03. The second-order valence-corrected chi connectivity index (χ2v) is 5.75. The largest absolute Gasteiger partial charge is 0.465 e. The van der Waals surface area contributed by atoms with E-state index in [1.54, 1.807) is 0 Å². The van der Waals surface area contributed by atoms with Crippen LogP contribution in [0.25, 0.3) is 11.0 Å². The van der Waals surface area contributed by atoms with Crippen LogP contribution in [0.4, 0.5) is 0 Å². The van der Waals surface area contributed by atoms with Gasteiger partial charge in [0.05, 0.1) is 17.6 Å². The summed E-state index contributed by atoms with van der Waals surface area (Å²) in [6.07, 6.45) is 1.64. The summed E-state index contributed by atoms with van der Waals surface area (Å²) in [5, 5.41) is 0. The number of esters is 1. The molecule has 0 radical (unpaired) electrons. The summed E-state index contributed by atoms with van der Waals surface area (Å²) >= 11 is 3.47. The van der Waals surface area contributed by atoms with Gasteiger partial charge in [-0.3, -0.25) is 4.79 Å². The van der Waals surface area contributed by atoms with E-state index >= 15 is 0 Å². The zero-order chi connectivity index (χ0) is 14.7. The Kier molecular flexibility index (Phi) is 4.81. The van der Waals surface area contributed by atoms with Gasteiger partial charge in [-0.1, -0.05) is 29.3 Å². The molecule has 0 aliphatic heterocycles. The zero-order valence-corrected chi connectivity index (χ0v) is 13.6. The molecule has 20 heavy (non-hydrogen) atoms. The Labute approximate surface area is 127 Å². The van der Waals surface area contributed by atoms with Crippen molar-refractivity contribution < 1.29 is 9.53 Å². The van der Waals surface area contributed by atoms with E-state index in [2.05, 4.69) is 32.8 Å². The summed E-state index contributed by atoms with van der Waals surface area (Å²) in [5.41, 5.74) is 2.93. The minimum atomic E-state index is -0.314. The molecule has 2 aromatic rings. The average Bonchev–Trinajstić information content (AvgIpc) is 2.79. The highest BCUT2D eigenvalue weighted by molar-refractivity contribution is 9.10. The Balaban J connectivity index is 2.43. The molecule has 0 saturated heterocycles. The summed E-state index contributed by atoms with van der Waals surface area (Å²) in [4.78, 5) is 19.9. The number of carbonyl (C=O) groups excluding carboxylic acids is 1. The van der Waals surface area contributed by atoms with Crippen molar-refractivity contribution in [3.05, 3.63) is 28.0 Å². The quantitative estimate of drug-likeness (QED) is 0.835. The van der Waals surface area contributed by atoms with E-state index in [9.17, 15) is 4.79 Å². The van der Waals surface area contributed by atoms with Gasteiger partial charge in [0.15, 0.2) is 0 Å². The van der Waals surface area contributed by atoms with E-state index in [0.717, 1.165) is 33.9 Å². The van der Waals surface area contributed by atoms with E-state index < -0.39 is 0 Å². The molecule has 0 aliphatic carbocycles. The van der Waals surface area contributed by atoms with Gasteiger partial charge in [-0.15, -0.1) is 0 Å². The number of aromatic nitrogens is 2. The van der Waals surface area contributed by atoms with Crippen molar-refractivity contribution in [2.75, 3.05) is 6.61 Å². The maximum absolute atomic E-state index is 12.1. The minimum absolute atomic E-state index is 0.204. The van der Waals surface area contributed by atoms with Crippen LogP contribution in [0.3, 0.4) is 0 Å². The van der Waals surface area contributed by atoms with Crippen molar-refractivity contribution in [1.82, 2.24) is 9.97 Å². The fraction of sp³-hybridized carbons (Fsp3) is 0.467. The number of aromatic amines is 1. The second-order valence-electron chi connectivity index (χ2n) is 4.83. The predicted octanol–water partition coefficient (Wildman–Crippen LogP) is 4.08. The predicted molar refractivity (Wildman–Crippen MR) is 82.8 cm³/mol. The molecule has 0 spiro atoms. The van der Waals surface area contributed by atoms with Crippen LogP contribution in [0, 0.1) is 6.92 Å². The maximum Gasteiger partial charge on any atom is 0.316 e. The number of nitrogens with zero attached hydrogens (tertiary/aromatic N) is 1. The van der Waals surface area contributed by atoms with Gasteiger partial charge in [0.1, 0.15) is 11.7 Å². The maximum atomic E-state index is 12.1.